The molecule has 0 spiro atoms. The van der Waals surface area contributed by atoms with Crippen LogP contribution >= 0.6 is 15.9 Å². The number of hydrogen-bond acceptors (Lipinski definition) is 1. The number of alkyl halides is 1. The lowest BCUT2D eigenvalue weighted by Gasteiger charge is -2.30. The number of hydrogen-bond donors (Lipinski definition) is 0. The third-order valence-electron chi connectivity index (χ3n) is 4.25. The van der Waals surface area contributed by atoms with E-state index in [9.17, 15) is 4.79 Å². The summed E-state index contributed by atoms with van der Waals surface area (Å²) in [5, 5.41) is 0. The van der Waals surface area contributed by atoms with Crippen molar-refractivity contribution < 1.29 is 4.79 Å². The van der Waals surface area contributed by atoms with Crippen LogP contribution in [0.5, 0.6) is 0 Å². The van der Waals surface area contributed by atoms with Crippen LogP contribution in [0.1, 0.15) is 45.4 Å². The second kappa shape index (κ2) is 5.52. The summed E-state index contributed by atoms with van der Waals surface area (Å²) < 4.78 is 0. The molecule has 92 valence electrons. The van der Waals surface area contributed by atoms with Crippen LogP contribution in [0.3, 0.4) is 0 Å². The summed E-state index contributed by atoms with van der Waals surface area (Å²) in [5.41, 5.74) is 0. The Labute approximate surface area is 107 Å². The first-order chi connectivity index (χ1) is 7.70. The van der Waals surface area contributed by atoms with Gasteiger partial charge in [-0.1, -0.05) is 42.1 Å². The minimum Gasteiger partial charge on any atom is -0.341 e. The average molecular weight is 288 g/mol. The Morgan fingerprint density at radius 2 is 1.81 bits per heavy atom. The summed E-state index contributed by atoms with van der Waals surface area (Å²) in [7, 11) is 0. The predicted octanol–water partition coefficient (Wildman–Crippen LogP) is 3.20. The maximum absolute atomic E-state index is 11.8. The summed E-state index contributed by atoms with van der Waals surface area (Å²) >= 11 is 3.44. The molecule has 0 radical (unpaired) electrons. The van der Waals surface area contributed by atoms with Crippen LogP contribution in [0.4, 0.5) is 0 Å². The molecule has 2 rings (SSSR count). The van der Waals surface area contributed by atoms with E-state index in [0.29, 0.717) is 5.91 Å². The van der Waals surface area contributed by atoms with Gasteiger partial charge in [-0.3, -0.25) is 4.79 Å². The van der Waals surface area contributed by atoms with E-state index in [4.69, 9.17) is 0 Å². The summed E-state index contributed by atoms with van der Waals surface area (Å²) in [4.78, 5) is 13.9. The molecule has 1 amide bonds. The van der Waals surface area contributed by atoms with Crippen LogP contribution in [-0.4, -0.2) is 28.7 Å². The number of halogens is 1. The van der Waals surface area contributed by atoms with E-state index in [1.165, 1.54) is 32.1 Å². The first kappa shape index (κ1) is 12.4. The van der Waals surface area contributed by atoms with Gasteiger partial charge in [0.25, 0.3) is 0 Å². The molecule has 1 atom stereocenters. The Balaban J connectivity index is 1.77. The molecule has 0 aromatic carbocycles. The van der Waals surface area contributed by atoms with E-state index >= 15 is 0 Å². The second-order valence-corrected chi connectivity index (χ2v) is 6.44. The maximum atomic E-state index is 11.8. The van der Waals surface area contributed by atoms with Crippen molar-refractivity contribution in [1.29, 1.82) is 0 Å². The zero-order valence-corrected chi connectivity index (χ0v) is 11.7. The molecule has 16 heavy (non-hydrogen) atoms. The van der Waals surface area contributed by atoms with Crippen LogP contribution in [0, 0.1) is 11.8 Å². The van der Waals surface area contributed by atoms with Gasteiger partial charge in [0, 0.05) is 13.1 Å². The molecule has 0 bridgehead atoms. The number of carbonyl (C=O) groups excluding carboxylic acids is 1. The monoisotopic (exact) mass is 287 g/mol. The van der Waals surface area contributed by atoms with Crippen molar-refractivity contribution in [3.05, 3.63) is 0 Å². The van der Waals surface area contributed by atoms with Gasteiger partial charge in [-0.15, -0.1) is 0 Å². The Bertz CT molecular complexity index is 248. The molecule has 1 aliphatic heterocycles. The lowest BCUT2D eigenvalue weighted by Crippen LogP contribution is -2.34. The summed E-state index contributed by atoms with van der Waals surface area (Å²) in [6.07, 6.45) is 7.73. The van der Waals surface area contributed by atoms with Crippen LogP contribution in [0.25, 0.3) is 0 Å². The number of amides is 1. The van der Waals surface area contributed by atoms with Gasteiger partial charge in [-0.2, -0.15) is 0 Å². The highest BCUT2D eigenvalue weighted by atomic mass is 79.9. The number of nitrogens with zero attached hydrogens (tertiary/aromatic N) is 1. The average Bonchev–Trinajstić information content (AvgIpc) is 2.62. The molecule has 3 heteroatoms. The largest absolute Gasteiger partial charge is 0.341 e. The molecule has 1 saturated heterocycles. The minimum absolute atomic E-state index is 0.0967. The van der Waals surface area contributed by atoms with Crippen LogP contribution < -0.4 is 0 Å². The van der Waals surface area contributed by atoms with Gasteiger partial charge in [0.15, 0.2) is 0 Å². The molecule has 1 heterocycles. The molecule has 1 saturated carbocycles. The molecule has 0 N–H and O–H groups in total. The number of carbonyl (C=O) groups is 1. The van der Waals surface area contributed by atoms with Gasteiger partial charge in [0.05, 0.1) is 4.83 Å². The van der Waals surface area contributed by atoms with E-state index in [1.54, 1.807) is 0 Å². The summed E-state index contributed by atoms with van der Waals surface area (Å²) in [5.74, 6) is 2.04. The van der Waals surface area contributed by atoms with Crippen LogP contribution in [0.15, 0.2) is 0 Å². The molecule has 2 aliphatic rings. The van der Waals surface area contributed by atoms with Crippen molar-refractivity contribution >= 4 is 21.8 Å². The molecule has 1 unspecified atom stereocenters. The zero-order valence-electron chi connectivity index (χ0n) is 10.1. The fourth-order valence-corrected chi connectivity index (χ4v) is 3.51. The molecule has 2 nitrogen and oxygen atoms in total. The van der Waals surface area contributed by atoms with Gasteiger partial charge in [-0.05, 0) is 31.1 Å². The van der Waals surface area contributed by atoms with E-state index in [2.05, 4.69) is 27.8 Å². The Morgan fingerprint density at radius 3 is 2.31 bits per heavy atom. The zero-order chi connectivity index (χ0) is 11.5. The van der Waals surface area contributed by atoms with Crippen molar-refractivity contribution in [2.75, 3.05) is 13.1 Å². The minimum atomic E-state index is 0.0967. The van der Waals surface area contributed by atoms with Crippen molar-refractivity contribution in [2.24, 2.45) is 11.8 Å². The van der Waals surface area contributed by atoms with Gasteiger partial charge < -0.3 is 4.90 Å². The quantitative estimate of drug-likeness (QED) is 0.730. The van der Waals surface area contributed by atoms with Crippen molar-refractivity contribution in [3.8, 4) is 0 Å². The lowest BCUT2D eigenvalue weighted by molar-refractivity contribution is -0.127. The van der Waals surface area contributed by atoms with Crippen molar-refractivity contribution in [3.63, 3.8) is 0 Å². The van der Waals surface area contributed by atoms with Crippen LogP contribution in [0.2, 0.25) is 0 Å². The van der Waals surface area contributed by atoms with Crippen molar-refractivity contribution in [1.82, 2.24) is 4.90 Å². The molecule has 0 aromatic rings. The molecule has 2 fully saturated rings. The summed E-state index contributed by atoms with van der Waals surface area (Å²) in [6, 6.07) is 0. The van der Waals surface area contributed by atoms with E-state index < -0.39 is 0 Å². The standard InChI is InChI=1S/C13H22BrNO/c1-2-10-3-5-11(6-4-10)9-15-8-7-12(14)13(15)16/h10-12H,2-9H2,1H3. The SMILES string of the molecule is CCC1CCC(CN2CCC(Br)C2=O)CC1. The molecular weight excluding hydrogens is 266 g/mol. The third-order valence-corrected chi connectivity index (χ3v) is 5.10. The first-order valence-corrected chi connectivity index (χ1v) is 7.55. The normalized spacial score (nSPS) is 35.8. The van der Waals surface area contributed by atoms with E-state index in [-0.39, 0.29) is 4.83 Å². The Morgan fingerprint density at radius 1 is 1.19 bits per heavy atom. The van der Waals surface area contributed by atoms with E-state index in [0.717, 1.165) is 31.3 Å². The lowest BCUT2D eigenvalue weighted by atomic mass is 9.81. The Kier molecular flexibility index (Phi) is 4.28. The molecular formula is C13H22BrNO. The summed E-state index contributed by atoms with van der Waals surface area (Å²) in [6.45, 7) is 4.27. The first-order valence-electron chi connectivity index (χ1n) is 6.63. The maximum Gasteiger partial charge on any atom is 0.236 e. The van der Waals surface area contributed by atoms with Gasteiger partial charge in [-0.25, -0.2) is 0 Å². The van der Waals surface area contributed by atoms with E-state index in [1.807, 2.05) is 0 Å². The fraction of sp³-hybridized carbons (Fsp3) is 0.923. The predicted molar refractivity (Wildman–Crippen MR) is 69.7 cm³/mol. The molecule has 1 aliphatic carbocycles. The van der Waals surface area contributed by atoms with Crippen molar-refractivity contribution in [2.45, 2.75) is 50.3 Å². The highest BCUT2D eigenvalue weighted by molar-refractivity contribution is 9.10. The fourth-order valence-electron chi connectivity index (χ4n) is 3.02. The van der Waals surface area contributed by atoms with Gasteiger partial charge in [0.2, 0.25) is 5.91 Å². The second-order valence-electron chi connectivity index (χ2n) is 5.34. The number of rotatable bonds is 3. The highest BCUT2D eigenvalue weighted by Gasteiger charge is 2.31. The molecule has 0 aromatic heterocycles. The number of likely N-dealkylation sites (tertiary alicyclic amines) is 1. The Hall–Kier alpha value is -0.0500. The smallest absolute Gasteiger partial charge is 0.236 e. The topological polar surface area (TPSA) is 20.3 Å². The van der Waals surface area contributed by atoms with Crippen LogP contribution in [-0.2, 0) is 4.79 Å². The van der Waals surface area contributed by atoms with Gasteiger partial charge >= 0.3 is 0 Å². The third kappa shape index (κ3) is 2.79. The van der Waals surface area contributed by atoms with Gasteiger partial charge in [0.1, 0.15) is 0 Å². The highest BCUT2D eigenvalue weighted by Crippen LogP contribution is 2.32.